The number of carboxylic acids is 1. The zero-order valence-corrected chi connectivity index (χ0v) is 35.5. The highest BCUT2D eigenvalue weighted by Gasteiger charge is 2.17. The Morgan fingerprint density at radius 2 is 0.607 bits per heavy atom. The van der Waals surface area contributed by atoms with E-state index in [9.17, 15) is 29.1 Å². The highest BCUT2D eigenvalue weighted by Crippen LogP contribution is 2.14. The topological polar surface area (TPSA) is 163 Å². The Kier molecular flexibility index (Phi) is 39.9. The molecule has 328 valence electrons. The van der Waals surface area contributed by atoms with Gasteiger partial charge in [0.25, 0.3) is 0 Å². The van der Waals surface area contributed by atoms with Crippen molar-refractivity contribution in [1.29, 1.82) is 0 Å². The predicted molar refractivity (Wildman–Crippen MR) is 220 cm³/mol. The number of unbranched alkanes of at least 4 members (excludes halogenated alkanes) is 25. The van der Waals surface area contributed by atoms with E-state index in [1.54, 1.807) is 0 Å². The quantitative estimate of drug-likeness (QED) is 0.0343. The lowest BCUT2D eigenvalue weighted by Gasteiger charge is -2.10. The van der Waals surface area contributed by atoms with Crippen molar-refractivity contribution < 1.29 is 53.1 Å². The fourth-order valence-corrected chi connectivity index (χ4v) is 6.47. The Morgan fingerprint density at radius 1 is 0.357 bits per heavy atom. The van der Waals surface area contributed by atoms with Crippen molar-refractivity contribution in [2.24, 2.45) is 0 Å². The van der Waals surface area contributed by atoms with Crippen LogP contribution in [0.4, 0.5) is 0 Å². The Balaban J connectivity index is 3.43. The molecule has 0 aliphatic carbocycles. The summed E-state index contributed by atoms with van der Waals surface area (Å²) in [5.41, 5.74) is 0. The molecule has 0 amide bonds. The first kappa shape index (κ1) is 53.3. The van der Waals surface area contributed by atoms with E-state index in [1.807, 2.05) is 0 Å². The lowest BCUT2D eigenvalue weighted by atomic mass is 10.1. The van der Waals surface area contributed by atoms with Crippen LogP contribution in [0.1, 0.15) is 225 Å². The van der Waals surface area contributed by atoms with Crippen molar-refractivity contribution in [3.8, 4) is 0 Å². The van der Waals surface area contributed by atoms with Crippen LogP contribution in [-0.4, -0.2) is 72.6 Å². The summed E-state index contributed by atoms with van der Waals surface area (Å²) in [4.78, 5) is 58.3. The van der Waals surface area contributed by atoms with Crippen LogP contribution < -0.4 is 0 Å². The molecule has 0 radical (unpaired) electrons. The standard InChI is InChI=1S/C45H82O11/c1-2-3-4-5-6-7-10-14-21-29-36-55-44(51)38-40(46)39-45(52)56-37-30-23-16-19-26-33-43(50)53-34-27-20-13-11-8-9-12-18-25-32-42(49)54-35-28-22-15-17-24-31-41(47)48/h40,46H,2-39H2,1H3,(H,47,48). The number of carboxylic acid groups (broad SMARTS) is 1. The van der Waals surface area contributed by atoms with E-state index < -0.39 is 24.0 Å². The Hall–Kier alpha value is -2.69. The number of esters is 4. The first-order valence-corrected chi connectivity index (χ1v) is 22.8. The average Bonchev–Trinajstić information content (AvgIpc) is 3.16. The molecular weight excluding hydrogens is 716 g/mol. The van der Waals surface area contributed by atoms with E-state index in [-0.39, 0.29) is 37.8 Å². The number of hydrogen-bond acceptors (Lipinski definition) is 10. The van der Waals surface area contributed by atoms with Crippen LogP contribution in [0.25, 0.3) is 0 Å². The number of aliphatic hydroxyl groups is 1. The number of carbonyl (C=O) groups excluding carboxylic acids is 4. The molecule has 56 heavy (non-hydrogen) atoms. The molecule has 0 rings (SSSR count). The molecule has 0 aromatic rings. The van der Waals surface area contributed by atoms with E-state index in [0.717, 1.165) is 109 Å². The summed E-state index contributed by atoms with van der Waals surface area (Å²) < 4.78 is 21.1. The van der Waals surface area contributed by atoms with Crippen molar-refractivity contribution in [2.75, 3.05) is 26.4 Å². The van der Waals surface area contributed by atoms with Crippen molar-refractivity contribution in [2.45, 2.75) is 231 Å². The van der Waals surface area contributed by atoms with E-state index >= 15 is 0 Å². The molecule has 0 aromatic heterocycles. The summed E-state index contributed by atoms with van der Waals surface area (Å²) in [5, 5.41) is 18.7. The number of hydrogen-bond donors (Lipinski definition) is 2. The molecule has 0 heterocycles. The van der Waals surface area contributed by atoms with Crippen LogP contribution in [0.2, 0.25) is 0 Å². The molecule has 11 heteroatoms. The molecule has 0 spiro atoms. The van der Waals surface area contributed by atoms with Gasteiger partial charge in [0.15, 0.2) is 0 Å². The monoisotopic (exact) mass is 799 g/mol. The zero-order chi connectivity index (χ0) is 41.2. The Bertz CT molecular complexity index is 954. The summed E-state index contributed by atoms with van der Waals surface area (Å²) in [6.07, 6.45) is 29.9. The smallest absolute Gasteiger partial charge is 0.308 e. The molecule has 0 saturated heterocycles. The number of carbonyl (C=O) groups is 5. The van der Waals surface area contributed by atoms with Gasteiger partial charge in [0, 0.05) is 19.3 Å². The van der Waals surface area contributed by atoms with Gasteiger partial charge in [-0.25, -0.2) is 0 Å². The summed E-state index contributed by atoms with van der Waals surface area (Å²) in [6, 6.07) is 0. The third-order valence-electron chi connectivity index (χ3n) is 9.94. The highest BCUT2D eigenvalue weighted by atomic mass is 16.5. The predicted octanol–water partition coefficient (Wildman–Crippen LogP) is 10.9. The summed E-state index contributed by atoms with van der Waals surface area (Å²) in [5.74, 6) is -2.01. The number of ether oxygens (including phenoxy) is 4. The third kappa shape index (κ3) is 42.5. The molecule has 0 aliphatic heterocycles. The van der Waals surface area contributed by atoms with Gasteiger partial charge < -0.3 is 29.2 Å². The molecule has 1 atom stereocenters. The van der Waals surface area contributed by atoms with Gasteiger partial charge in [0.2, 0.25) is 0 Å². The molecular formula is C45H82O11. The molecule has 0 aromatic carbocycles. The Morgan fingerprint density at radius 3 is 0.911 bits per heavy atom. The Labute approximate surface area is 340 Å². The number of rotatable bonds is 43. The van der Waals surface area contributed by atoms with Gasteiger partial charge in [-0.05, 0) is 44.9 Å². The maximum absolute atomic E-state index is 12.0. The van der Waals surface area contributed by atoms with Gasteiger partial charge in [0.05, 0.1) is 45.4 Å². The van der Waals surface area contributed by atoms with Crippen LogP contribution in [0.3, 0.4) is 0 Å². The highest BCUT2D eigenvalue weighted by molar-refractivity contribution is 5.73. The van der Waals surface area contributed by atoms with Gasteiger partial charge >= 0.3 is 29.8 Å². The van der Waals surface area contributed by atoms with Crippen LogP contribution >= 0.6 is 0 Å². The third-order valence-corrected chi connectivity index (χ3v) is 9.94. The first-order valence-electron chi connectivity index (χ1n) is 22.8. The van der Waals surface area contributed by atoms with Crippen LogP contribution in [0.15, 0.2) is 0 Å². The zero-order valence-electron chi connectivity index (χ0n) is 35.5. The number of aliphatic hydroxyl groups excluding tert-OH is 1. The minimum absolute atomic E-state index is 0.119. The van der Waals surface area contributed by atoms with E-state index in [0.29, 0.717) is 45.5 Å². The molecule has 1 unspecified atom stereocenters. The molecule has 11 nitrogen and oxygen atoms in total. The fraction of sp³-hybridized carbons (Fsp3) is 0.889. The van der Waals surface area contributed by atoms with Crippen LogP contribution in [-0.2, 0) is 42.9 Å². The molecule has 2 N–H and O–H groups in total. The van der Waals surface area contributed by atoms with E-state index in [2.05, 4.69) is 6.92 Å². The lowest BCUT2D eigenvalue weighted by molar-refractivity contribution is -0.150. The van der Waals surface area contributed by atoms with Gasteiger partial charge in [-0.1, -0.05) is 148 Å². The molecule has 0 fully saturated rings. The van der Waals surface area contributed by atoms with Crippen LogP contribution in [0.5, 0.6) is 0 Å². The fourth-order valence-electron chi connectivity index (χ4n) is 6.47. The largest absolute Gasteiger partial charge is 0.481 e. The van der Waals surface area contributed by atoms with Crippen LogP contribution in [0, 0.1) is 0 Å². The minimum Gasteiger partial charge on any atom is -0.481 e. The molecule has 0 aliphatic rings. The normalized spacial score (nSPS) is 11.6. The maximum atomic E-state index is 12.0. The molecule has 0 saturated carbocycles. The first-order chi connectivity index (χ1) is 27.2. The minimum atomic E-state index is -1.10. The summed E-state index contributed by atoms with van der Waals surface area (Å²) in [6.45, 7) is 3.79. The summed E-state index contributed by atoms with van der Waals surface area (Å²) in [7, 11) is 0. The van der Waals surface area contributed by atoms with Gasteiger partial charge in [-0.2, -0.15) is 0 Å². The van der Waals surface area contributed by atoms with Crippen molar-refractivity contribution in [3.05, 3.63) is 0 Å². The second-order valence-corrected chi connectivity index (χ2v) is 15.5. The van der Waals surface area contributed by atoms with E-state index in [4.69, 9.17) is 24.1 Å². The van der Waals surface area contributed by atoms with Crippen molar-refractivity contribution >= 4 is 29.8 Å². The van der Waals surface area contributed by atoms with E-state index in [1.165, 1.54) is 64.2 Å². The number of aliphatic carboxylic acids is 1. The lowest BCUT2D eigenvalue weighted by Crippen LogP contribution is -2.21. The second kappa shape index (κ2) is 41.9. The summed E-state index contributed by atoms with van der Waals surface area (Å²) >= 11 is 0. The molecule has 0 bridgehead atoms. The van der Waals surface area contributed by atoms with Crippen molar-refractivity contribution in [1.82, 2.24) is 0 Å². The average molecular weight is 799 g/mol. The van der Waals surface area contributed by atoms with Gasteiger partial charge in [-0.15, -0.1) is 0 Å². The van der Waals surface area contributed by atoms with Gasteiger partial charge in [0.1, 0.15) is 0 Å². The van der Waals surface area contributed by atoms with Gasteiger partial charge in [-0.3, -0.25) is 24.0 Å². The van der Waals surface area contributed by atoms with Crippen molar-refractivity contribution in [3.63, 3.8) is 0 Å². The second-order valence-electron chi connectivity index (χ2n) is 15.5. The maximum Gasteiger partial charge on any atom is 0.308 e. The SMILES string of the molecule is CCCCCCCCCCCCOC(=O)CC(O)CC(=O)OCCCCCCCC(=O)OCCCCCCCCCCCC(=O)OCCCCCCCC(=O)O.